The van der Waals surface area contributed by atoms with Gasteiger partial charge in [0.05, 0.1) is 0 Å². The Morgan fingerprint density at radius 2 is 1.54 bits per heavy atom. The van der Waals surface area contributed by atoms with Crippen LogP contribution in [0.4, 0.5) is 5.82 Å². The highest BCUT2D eigenvalue weighted by atomic mass is 15.2. The molecule has 1 aromatic heterocycles. The standard InChI is InChI=1S/C22H18N4/c23-12-15-9-10-21(26-25-15)24-13-14-11-20-16-5-1-3-7-18(16)22(14)19-8-4-2-6-17(19)20/h1-10,14,20,22H,11,13H2,(H,24,26). The van der Waals surface area contributed by atoms with E-state index in [1.807, 2.05) is 12.1 Å². The summed E-state index contributed by atoms with van der Waals surface area (Å²) < 4.78 is 0. The van der Waals surface area contributed by atoms with Crippen molar-refractivity contribution in [1.82, 2.24) is 10.2 Å². The van der Waals surface area contributed by atoms with Crippen LogP contribution in [-0.2, 0) is 0 Å². The molecule has 0 spiro atoms. The van der Waals surface area contributed by atoms with Crippen LogP contribution in [0.1, 0.15) is 46.2 Å². The first-order valence-electron chi connectivity index (χ1n) is 9.00. The number of benzene rings is 2. The highest BCUT2D eigenvalue weighted by Gasteiger charge is 2.42. The van der Waals surface area contributed by atoms with E-state index in [9.17, 15) is 0 Å². The number of nitrogens with zero attached hydrogens (tertiary/aromatic N) is 3. The highest BCUT2D eigenvalue weighted by molar-refractivity contribution is 5.56. The summed E-state index contributed by atoms with van der Waals surface area (Å²) in [6.07, 6.45) is 1.15. The van der Waals surface area contributed by atoms with Gasteiger partial charge in [-0.05, 0) is 46.7 Å². The zero-order valence-corrected chi connectivity index (χ0v) is 14.3. The van der Waals surface area contributed by atoms with Gasteiger partial charge in [-0.1, -0.05) is 48.5 Å². The number of hydrogen-bond acceptors (Lipinski definition) is 4. The third kappa shape index (κ3) is 2.28. The Kier molecular flexibility index (Phi) is 3.46. The predicted octanol–water partition coefficient (Wildman–Crippen LogP) is 4.06. The van der Waals surface area contributed by atoms with E-state index < -0.39 is 0 Å². The van der Waals surface area contributed by atoms with Crippen LogP contribution in [0.3, 0.4) is 0 Å². The van der Waals surface area contributed by atoms with Gasteiger partial charge in [-0.25, -0.2) is 0 Å². The Balaban J connectivity index is 1.45. The van der Waals surface area contributed by atoms with Gasteiger partial charge in [0.25, 0.3) is 0 Å². The minimum absolute atomic E-state index is 0.343. The fourth-order valence-corrected chi connectivity index (χ4v) is 4.68. The van der Waals surface area contributed by atoms with Crippen molar-refractivity contribution >= 4 is 5.82 Å². The maximum Gasteiger partial charge on any atom is 0.163 e. The monoisotopic (exact) mass is 338 g/mol. The maximum atomic E-state index is 8.85. The van der Waals surface area contributed by atoms with Gasteiger partial charge in [-0.2, -0.15) is 5.26 Å². The van der Waals surface area contributed by atoms with Crippen LogP contribution in [-0.4, -0.2) is 16.7 Å². The van der Waals surface area contributed by atoms with Crippen molar-refractivity contribution in [3.63, 3.8) is 0 Å². The second kappa shape index (κ2) is 5.96. The van der Waals surface area contributed by atoms with Gasteiger partial charge in [0, 0.05) is 18.4 Å². The lowest BCUT2D eigenvalue weighted by Crippen LogP contribution is -2.35. The molecule has 3 aliphatic carbocycles. The molecule has 4 heteroatoms. The van der Waals surface area contributed by atoms with Crippen molar-refractivity contribution in [1.29, 1.82) is 5.26 Å². The molecular formula is C22H18N4. The molecule has 126 valence electrons. The van der Waals surface area contributed by atoms with Gasteiger partial charge < -0.3 is 5.32 Å². The molecule has 3 aliphatic rings. The van der Waals surface area contributed by atoms with Gasteiger partial charge >= 0.3 is 0 Å². The Labute approximate surface area is 152 Å². The molecule has 0 fully saturated rings. The van der Waals surface area contributed by atoms with Crippen LogP contribution >= 0.6 is 0 Å². The summed E-state index contributed by atoms with van der Waals surface area (Å²) in [7, 11) is 0. The number of hydrogen-bond donors (Lipinski definition) is 1. The molecule has 1 N–H and O–H groups in total. The lowest BCUT2D eigenvalue weighted by atomic mass is 9.59. The fraction of sp³-hybridized carbons (Fsp3) is 0.227. The van der Waals surface area contributed by atoms with Crippen molar-refractivity contribution < 1.29 is 0 Å². The SMILES string of the molecule is N#Cc1ccc(NCC2CC3c4ccccc4C2c2ccccc23)nn1. The lowest BCUT2D eigenvalue weighted by Gasteiger charge is -2.45. The van der Waals surface area contributed by atoms with Crippen molar-refractivity contribution in [3.8, 4) is 6.07 Å². The molecule has 0 aliphatic heterocycles. The summed E-state index contributed by atoms with van der Waals surface area (Å²) >= 11 is 0. The zero-order valence-electron chi connectivity index (χ0n) is 14.3. The molecule has 0 radical (unpaired) electrons. The Morgan fingerprint density at radius 3 is 2.12 bits per heavy atom. The third-order valence-corrected chi connectivity index (χ3v) is 5.75. The van der Waals surface area contributed by atoms with E-state index in [1.165, 1.54) is 22.3 Å². The molecule has 6 rings (SSSR count). The van der Waals surface area contributed by atoms with Crippen LogP contribution in [0, 0.1) is 17.2 Å². The molecule has 26 heavy (non-hydrogen) atoms. The van der Waals surface area contributed by atoms with E-state index in [0.717, 1.165) is 18.8 Å². The van der Waals surface area contributed by atoms with Crippen LogP contribution in [0.5, 0.6) is 0 Å². The normalized spacial score (nSPS) is 22.2. The van der Waals surface area contributed by atoms with Crippen molar-refractivity contribution in [2.45, 2.75) is 18.3 Å². The molecule has 0 saturated carbocycles. The third-order valence-electron chi connectivity index (χ3n) is 5.75. The average Bonchev–Trinajstić information content (AvgIpc) is 2.73. The van der Waals surface area contributed by atoms with E-state index in [2.05, 4.69) is 64.0 Å². The predicted molar refractivity (Wildman–Crippen MR) is 99.9 cm³/mol. The molecule has 2 bridgehead atoms. The number of fused-ring (bicyclic) bond motifs is 1. The Hall–Kier alpha value is -3.19. The molecule has 3 aromatic rings. The quantitative estimate of drug-likeness (QED) is 0.782. The van der Waals surface area contributed by atoms with Crippen LogP contribution in [0.25, 0.3) is 0 Å². The summed E-state index contributed by atoms with van der Waals surface area (Å²) in [5, 5.41) is 20.3. The first-order valence-corrected chi connectivity index (χ1v) is 9.00. The van der Waals surface area contributed by atoms with Gasteiger partial charge in [-0.15, -0.1) is 10.2 Å². The number of anilines is 1. The van der Waals surface area contributed by atoms with E-state index in [1.54, 1.807) is 6.07 Å². The van der Waals surface area contributed by atoms with Gasteiger partial charge in [-0.3, -0.25) is 0 Å². The fourth-order valence-electron chi connectivity index (χ4n) is 4.68. The van der Waals surface area contributed by atoms with Crippen molar-refractivity contribution in [3.05, 3.63) is 88.6 Å². The summed E-state index contributed by atoms with van der Waals surface area (Å²) in [5.41, 5.74) is 6.27. The topological polar surface area (TPSA) is 61.6 Å². The van der Waals surface area contributed by atoms with Crippen molar-refractivity contribution in [2.24, 2.45) is 5.92 Å². The van der Waals surface area contributed by atoms with E-state index >= 15 is 0 Å². The first kappa shape index (κ1) is 15.1. The van der Waals surface area contributed by atoms with Crippen LogP contribution in [0.2, 0.25) is 0 Å². The number of aromatic nitrogens is 2. The van der Waals surface area contributed by atoms with E-state index in [4.69, 9.17) is 5.26 Å². The Morgan fingerprint density at radius 1 is 0.885 bits per heavy atom. The summed E-state index contributed by atoms with van der Waals surface area (Å²) in [6, 6.07) is 23.3. The molecule has 1 unspecified atom stereocenters. The van der Waals surface area contributed by atoms with Crippen molar-refractivity contribution in [2.75, 3.05) is 11.9 Å². The van der Waals surface area contributed by atoms with Crippen LogP contribution in [0.15, 0.2) is 60.7 Å². The number of nitriles is 1. The molecule has 1 atom stereocenters. The summed E-state index contributed by atoms with van der Waals surface area (Å²) in [6.45, 7) is 0.852. The number of nitrogens with one attached hydrogen (secondary N) is 1. The summed E-state index contributed by atoms with van der Waals surface area (Å²) in [4.78, 5) is 0. The molecule has 1 heterocycles. The second-order valence-corrected chi connectivity index (χ2v) is 7.08. The number of rotatable bonds is 3. The smallest absolute Gasteiger partial charge is 0.163 e. The first-order chi connectivity index (χ1) is 12.8. The van der Waals surface area contributed by atoms with E-state index in [0.29, 0.717) is 23.4 Å². The van der Waals surface area contributed by atoms with Crippen LogP contribution < -0.4 is 5.32 Å². The Bertz CT molecular complexity index is 956. The molecule has 2 aromatic carbocycles. The van der Waals surface area contributed by atoms with E-state index in [-0.39, 0.29) is 0 Å². The highest BCUT2D eigenvalue weighted by Crippen LogP contribution is 2.55. The largest absolute Gasteiger partial charge is 0.368 e. The zero-order chi connectivity index (χ0) is 17.5. The summed E-state index contributed by atoms with van der Waals surface area (Å²) in [5.74, 6) is 2.15. The lowest BCUT2D eigenvalue weighted by molar-refractivity contribution is 0.372. The molecule has 4 nitrogen and oxygen atoms in total. The van der Waals surface area contributed by atoms with Gasteiger partial charge in [0.2, 0.25) is 0 Å². The van der Waals surface area contributed by atoms with Gasteiger partial charge in [0.1, 0.15) is 11.9 Å². The molecular weight excluding hydrogens is 320 g/mol. The molecule has 0 amide bonds. The second-order valence-electron chi connectivity index (χ2n) is 7.08. The minimum Gasteiger partial charge on any atom is -0.368 e. The minimum atomic E-state index is 0.343. The molecule has 0 saturated heterocycles. The average molecular weight is 338 g/mol. The van der Waals surface area contributed by atoms with Gasteiger partial charge in [0.15, 0.2) is 5.69 Å². The maximum absolute atomic E-state index is 8.85.